The monoisotopic (exact) mass is 528 g/mol. The largest absolute Gasteiger partial charge is 0.527 e. The van der Waals surface area contributed by atoms with Gasteiger partial charge in [-0.25, -0.2) is 10.1 Å². The fraction of sp³-hybridized carbons (Fsp3) is 0. The molecule has 0 heterocycles. The van der Waals surface area contributed by atoms with E-state index in [1.165, 1.54) is 0 Å². The molecule has 4 aromatic carbocycles. The molecule has 0 unspecified atom stereocenters. The molecule has 0 bridgehead atoms. The van der Waals surface area contributed by atoms with E-state index in [1.807, 2.05) is 72.8 Å². The topological polar surface area (TPSA) is 84.4 Å². The summed E-state index contributed by atoms with van der Waals surface area (Å²) in [6, 6.07) is 28.8. The molecule has 4 aromatic rings. The van der Waals surface area contributed by atoms with Crippen LogP contribution in [0, 0.1) is 53.7 Å². The van der Waals surface area contributed by atoms with Gasteiger partial charge in [0.25, 0.3) is 5.70 Å². The first-order chi connectivity index (χ1) is 20.6. The zero-order valence-electron chi connectivity index (χ0n) is 21.6. The number of fused-ring (bicyclic) bond motifs is 12. The molecule has 0 saturated carbocycles. The second kappa shape index (κ2) is 8.78. The minimum Gasteiger partial charge on any atom is -0.226 e. The Morgan fingerprint density at radius 1 is 0.452 bits per heavy atom. The van der Waals surface area contributed by atoms with Crippen LogP contribution in [-0.2, 0) is 0 Å². The van der Waals surface area contributed by atoms with E-state index in [-0.39, 0.29) is 17.1 Å². The van der Waals surface area contributed by atoms with Gasteiger partial charge in [-0.15, -0.1) is 0 Å². The van der Waals surface area contributed by atoms with Gasteiger partial charge in [-0.05, 0) is 61.2 Å². The van der Waals surface area contributed by atoms with Gasteiger partial charge < -0.3 is 0 Å². The molecular weight excluding hydrogens is 516 g/mol. The third-order valence-electron chi connectivity index (χ3n) is 8.01. The van der Waals surface area contributed by atoms with E-state index in [4.69, 9.17) is 19.7 Å². The van der Waals surface area contributed by atoms with Gasteiger partial charge in [0.2, 0.25) is 0 Å². The molecule has 0 radical (unpaired) electrons. The first-order valence-corrected chi connectivity index (χ1v) is 12.7. The van der Waals surface area contributed by atoms with E-state index in [0.29, 0.717) is 50.1 Å². The van der Waals surface area contributed by atoms with Crippen LogP contribution in [0.3, 0.4) is 0 Å². The van der Waals surface area contributed by atoms with Crippen LogP contribution in [0.25, 0.3) is 64.6 Å². The fourth-order valence-electron chi connectivity index (χ4n) is 6.62. The van der Waals surface area contributed by atoms with Crippen molar-refractivity contribution in [1.82, 2.24) is 0 Å². The Bertz CT molecular complexity index is 2020. The maximum absolute atomic E-state index is 10.1. The summed E-state index contributed by atoms with van der Waals surface area (Å²) >= 11 is 0. The molecule has 6 nitrogen and oxygen atoms in total. The molecule has 0 N–H and O–H groups in total. The summed E-state index contributed by atoms with van der Waals surface area (Å²) in [6.07, 6.45) is 0. The Kier molecular flexibility index (Phi) is 5.04. The molecule has 0 spiro atoms. The number of hydrogen-bond donors (Lipinski definition) is 0. The highest BCUT2D eigenvalue weighted by Crippen LogP contribution is 2.64. The van der Waals surface area contributed by atoms with Crippen LogP contribution in [0.2, 0.25) is 0 Å². The van der Waals surface area contributed by atoms with Crippen LogP contribution in [0.1, 0.15) is 33.4 Å². The highest BCUT2D eigenvalue weighted by Gasteiger charge is 2.45. The van der Waals surface area contributed by atoms with E-state index >= 15 is 0 Å². The van der Waals surface area contributed by atoms with Crippen molar-refractivity contribution in [3.8, 4) is 51.6 Å². The quantitative estimate of drug-likeness (QED) is 0.147. The zero-order chi connectivity index (χ0) is 29.1. The third-order valence-corrected chi connectivity index (χ3v) is 8.01. The molecule has 7 rings (SSSR count). The first-order valence-electron chi connectivity index (χ1n) is 12.7. The molecule has 0 aliphatic heterocycles. The van der Waals surface area contributed by atoms with Crippen molar-refractivity contribution in [1.29, 1.82) is 15.8 Å². The van der Waals surface area contributed by atoms with Crippen molar-refractivity contribution in [3.05, 3.63) is 158 Å². The standard InChI is InChI=1S/C36H12N6/c1-40-26(18-39)28-21-11-5-7-13-23(21)31-34(28)29-22-12-6-4-10-20(22)27(19(16-37)17-38)33(29)30-24-14-8-9-15-25(24)32(35(30)31)36(41-2)42-3/h4-15H/b28-26+. The molecule has 0 saturated heterocycles. The molecule has 42 heavy (non-hydrogen) atoms. The van der Waals surface area contributed by atoms with Gasteiger partial charge in [0, 0.05) is 16.7 Å². The molecule has 0 atom stereocenters. The molecule has 0 aromatic heterocycles. The minimum absolute atomic E-state index is 0.0689. The van der Waals surface area contributed by atoms with Crippen LogP contribution in [-0.4, -0.2) is 0 Å². The second-order valence-corrected chi connectivity index (χ2v) is 9.73. The average molecular weight is 529 g/mol. The molecule has 186 valence electrons. The van der Waals surface area contributed by atoms with E-state index < -0.39 is 0 Å². The lowest BCUT2D eigenvalue weighted by Gasteiger charge is -2.18. The van der Waals surface area contributed by atoms with Crippen LogP contribution in [0.4, 0.5) is 0 Å². The Morgan fingerprint density at radius 3 is 1.24 bits per heavy atom. The Labute approximate surface area is 241 Å². The highest BCUT2D eigenvalue weighted by molar-refractivity contribution is 6.24. The Morgan fingerprint density at radius 2 is 0.833 bits per heavy atom. The predicted octanol–water partition coefficient (Wildman–Crippen LogP) is 8.23. The van der Waals surface area contributed by atoms with Crippen LogP contribution in [0.5, 0.6) is 0 Å². The SMILES string of the molecule is [C-]#[N+]C([N+]#[C-])=C1c2ccccc2-c2c3c(c4c(c21)-c1ccccc1/C4=C(/C#N)[N+]#[C-])-c1ccccc1C3=C(C#N)C#N. The van der Waals surface area contributed by atoms with E-state index in [1.54, 1.807) is 0 Å². The van der Waals surface area contributed by atoms with Crippen molar-refractivity contribution in [2.75, 3.05) is 0 Å². The molecule has 0 amide bonds. The molecule has 6 heteroatoms. The van der Waals surface area contributed by atoms with Gasteiger partial charge in [-0.2, -0.15) is 20.2 Å². The van der Waals surface area contributed by atoms with Gasteiger partial charge in [-0.1, -0.05) is 72.8 Å². The van der Waals surface area contributed by atoms with Crippen LogP contribution in [0.15, 0.2) is 89.9 Å². The first kappa shape index (κ1) is 24.1. The van der Waals surface area contributed by atoms with Gasteiger partial charge in [0.1, 0.15) is 30.9 Å². The minimum atomic E-state index is -0.106. The molecule has 3 aliphatic rings. The summed E-state index contributed by atoms with van der Waals surface area (Å²) in [7, 11) is 0. The van der Waals surface area contributed by atoms with Gasteiger partial charge in [0.15, 0.2) is 0 Å². The Balaban J connectivity index is 1.88. The van der Waals surface area contributed by atoms with E-state index in [9.17, 15) is 15.8 Å². The van der Waals surface area contributed by atoms with Crippen molar-refractivity contribution in [3.63, 3.8) is 0 Å². The normalized spacial score (nSPS) is 13.3. The number of hydrogen-bond acceptors (Lipinski definition) is 3. The smallest absolute Gasteiger partial charge is 0.226 e. The number of benzene rings is 4. The number of nitrogens with zero attached hydrogens (tertiary/aromatic N) is 6. The number of nitriles is 3. The van der Waals surface area contributed by atoms with E-state index in [2.05, 4.69) is 32.7 Å². The summed E-state index contributed by atoms with van der Waals surface area (Å²) < 4.78 is 0. The molecule has 3 aliphatic carbocycles. The number of rotatable bonds is 0. The van der Waals surface area contributed by atoms with Crippen molar-refractivity contribution >= 4 is 16.7 Å². The molecular formula is C36H12N6. The third kappa shape index (κ3) is 2.80. The summed E-state index contributed by atoms with van der Waals surface area (Å²) in [6.45, 7) is 23.7. The van der Waals surface area contributed by atoms with Gasteiger partial charge in [-0.3, -0.25) is 0 Å². The molecule has 0 fully saturated rings. The summed E-state index contributed by atoms with van der Waals surface area (Å²) in [5.41, 5.74) is 9.78. The van der Waals surface area contributed by atoms with E-state index in [0.717, 1.165) is 33.4 Å². The van der Waals surface area contributed by atoms with Crippen molar-refractivity contribution in [2.45, 2.75) is 0 Å². The lowest BCUT2D eigenvalue weighted by molar-refractivity contribution is 1.46. The predicted molar refractivity (Wildman–Crippen MR) is 157 cm³/mol. The second-order valence-electron chi connectivity index (χ2n) is 9.73. The average Bonchev–Trinajstić information content (AvgIpc) is 3.66. The maximum atomic E-state index is 10.1. The summed E-state index contributed by atoms with van der Waals surface area (Å²) in [5, 5.41) is 30.4. The lowest BCUT2D eigenvalue weighted by atomic mass is 9.83. The Hall–Kier alpha value is -6.96. The zero-order valence-corrected chi connectivity index (χ0v) is 21.6. The fourth-order valence-corrected chi connectivity index (χ4v) is 6.62. The summed E-state index contributed by atoms with van der Waals surface area (Å²) in [5.74, 6) is -0.106. The number of allylic oxidation sites excluding steroid dienone is 2. The van der Waals surface area contributed by atoms with Crippen LogP contribution >= 0.6 is 0 Å². The van der Waals surface area contributed by atoms with Crippen molar-refractivity contribution < 1.29 is 0 Å². The van der Waals surface area contributed by atoms with Gasteiger partial charge >= 0.3 is 5.82 Å². The maximum Gasteiger partial charge on any atom is 0.527 e. The lowest BCUT2D eigenvalue weighted by Crippen LogP contribution is -1.99. The highest BCUT2D eigenvalue weighted by atomic mass is 14.9. The van der Waals surface area contributed by atoms with Gasteiger partial charge in [0.05, 0.1) is 18.2 Å². The van der Waals surface area contributed by atoms with Crippen molar-refractivity contribution in [2.24, 2.45) is 0 Å². The van der Waals surface area contributed by atoms with Crippen LogP contribution < -0.4 is 0 Å². The summed E-state index contributed by atoms with van der Waals surface area (Å²) in [4.78, 5) is 10.9.